The van der Waals surface area contributed by atoms with E-state index >= 15 is 0 Å². The van der Waals surface area contributed by atoms with Crippen LogP contribution < -0.4 is 0 Å². The van der Waals surface area contributed by atoms with E-state index in [0.717, 1.165) is 0 Å². The molecule has 0 aromatic rings. The maximum absolute atomic E-state index is 12.0. The first-order valence-electron chi connectivity index (χ1n) is 5.97. The maximum Gasteiger partial charge on any atom is 0.333 e. The summed E-state index contributed by atoms with van der Waals surface area (Å²) >= 11 is 0. The summed E-state index contributed by atoms with van der Waals surface area (Å²) < 4.78 is 0. The van der Waals surface area contributed by atoms with Gasteiger partial charge in [0.05, 0.1) is 0 Å². The van der Waals surface area contributed by atoms with Crippen LogP contribution in [0.4, 0.5) is 4.79 Å². The third-order valence-electron chi connectivity index (χ3n) is 2.46. The normalized spacial score (nSPS) is 17.6. The summed E-state index contributed by atoms with van der Waals surface area (Å²) in [6.45, 7) is 8.49. The van der Waals surface area contributed by atoms with Gasteiger partial charge in [0.1, 0.15) is 6.42 Å². The van der Waals surface area contributed by atoms with Crippen LogP contribution in [0, 0.1) is 11.8 Å². The summed E-state index contributed by atoms with van der Waals surface area (Å²) in [6.07, 6.45) is -0.189. The second-order valence-corrected chi connectivity index (χ2v) is 5.26. The van der Waals surface area contributed by atoms with Gasteiger partial charge in [-0.3, -0.25) is 19.4 Å². The molecule has 0 aromatic heterocycles. The number of hydrogen-bond acceptors (Lipinski definition) is 3. The molecule has 1 saturated heterocycles. The highest BCUT2D eigenvalue weighted by atomic mass is 16.2. The molecule has 0 atom stereocenters. The van der Waals surface area contributed by atoms with Crippen molar-refractivity contribution in [2.45, 2.75) is 34.1 Å². The first-order chi connectivity index (χ1) is 7.82. The molecule has 0 unspecified atom stereocenters. The van der Waals surface area contributed by atoms with Crippen molar-refractivity contribution in [2.75, 3.05) is 13.1 Å². The number of nitrogens with zero attached hydrogens (tertiary/aromatic N) is 2. The van der Waals surface area contributed by atoms with Gasteiger partial charge in [-0.25, -0.2) is 4.79 Å². The van der Waals surface area contributed by atoms with Crippen molar-refractivity contribution < 1.29 is 14.4 Å². The predicted octanol–water partition coefficient (Wildman–Crippen LogP) is 1.48. The van der Waals surface area contributed by atoms with Crippen molar-refractivity contribution in [2.24, 2.45) is 11.8 Å². The molecule has 17 heavy (non-hydrogen) atoms. The van der Waals surface area contributed by atoms with E-state index < -0.39 is 6.03 Å². The van der Waals surface area contributed by atoms with Gasteiger partial charge in [0.2, 0.25) is 11.8 Å². The fraction of sp³-hybridized carbons (Fsp3) is 0.750. The molecule has 1 fully saturated rings. The lowest BCUT2D eigenvalue weighted by Gasteiger charge is -2.34. The van der Waals surface area contributed by atoms with Gasteiger partial charge in [-0.05, 0) is 11.8 Å². The SMILES string of the molecule is CC(C)CN1C(=O)CC(=O)N(CC(C)C)C1=O. The Morgan fingerprint density at radius 2 is 1.24 bits per heavy atom. The lowest BCUT2D eigenvalue weighted by Crippen LogP contribution is -2.56. The highest BCUT2D eigenvalue weighted by molar-refractivity contribution is 6.14. The molecule has 0 N–H and O–H groups in total. The second kappa shape index (κ2) is 5.29. The van der Waals surface area contributed by atoms with Gasteiger partial charge in [0.15, 0.2) is 0 Å². The number of carbonyl (C=O) groups is 3. The molecule has 1 heterocycles. The number of hydrogen-bond donors (Lipinski definition) is 0. The van der Waals surface area contributed by atoms with Gasteiger partial charge >= 0.3 is 6.03 Å². The van der Waals surface area contributed by atoms with Crippen LogP contribution in [0.15, 0.2) is 0 Å². The Kier molecular flexibility index (Phi) is 4.26. The zero-order valence-electron chi connectivity index (χ0n) is 10.9. The minimum atomic E-state index is -0.464. The average molecular weight is 240 g/mol. The largest absolute Gasteiger partial charge is 0.333 e. The van der Waals surface area contributed by atoms with Gasteiger partial charge < -0.3 is 0 Å². The molecule has 0 aliphatic carbocycles. The second-order valence-electron chi connectivity index (χ2n) is 5.26. The molecule has 1 rings (SSSR count). The van der Waals surface area contributed by atoms with E-state index in [-0.39, 0.29) is 30.1 Å². The highest BCUT2D eigenvalue weighted by Crippen LogP contribution is 2.15. The molecular formula is C12H20N2O3. The van der Waals surface area contributed by atoms with Crippen LogP contribution in [-0.4, -0.2) is 40.7 Å². The van der Waals surface area contributed by atoms with Crippen molar-refractivity contribution >= 4 is 17.8 Å². The van der Waals surface area contributed by atoms with E-state index in [0.29, 0.717) is 13.1 Å². The van der Waals surface area contributed by atoms with Crippen molar-refractivity contribution in [3.63, 3.8) is 0 Å². The first kappa shape index (κ1) is 13.7. The summed E-state index contributed by atoms with van der Waals surface area (Å²) in [5.74, 6) is -0.351. The van der Waals surface area contributed by atoms with Gasteiger partial charge in [-0.1, -0.05) is 27.7 Å². The molecule has 0 bridgehead atoms. The number of imide groups is 2. The van der Waals surface area contributed by atoms with Crippen molar-refractivity contribution in [1.82, 2.24) is 9.80 Å². The average Bonchev–Trinajstić information content (AvgIpc) is 2.18. The highest BCUT2D eigenvalue weighted by Gasteiger charge is 2.37. The summed E-state index contributed by atoms with van der Waals surface area (Å²) in [6, 6.07) is -0.464. The number of urea groups is 1. The fourth-order valence-corrected chi connectivity index (χ4v) is 1.77. The molecular weight excluding hydrogens is 220 g/mol. The molecule has 4 amide bonds. The molecule has 0 saturated carbocycles. The van der Waals surface area contributed by atoms with E-state index in [4.69, 9.17) is 0 Å². The monoisotopic (exact) mass is 240 g/mol. The Labute approximate surface area is 102 Å². The van der Waals surface area contributed by atoms with Crippen LogP contribution in [0.3, 0.4) is 0 Å². The molecule has 0 radical (unpaired) electrons. The maximum atomic E-state index is 12.0. The van der Waals surface area contributed by atoms with Crippen LogP contribution in [-0.2, 0) is 9.59 Å². The Morgan fingerprint density at radius 1 is 0.882 bits per heavy atom. The fourth-order valence-electron chi connectivity index (χ4n) is 1.77. The molecule has 1 aliphatic rings. The third kappa shape index (κ3) is 3.28. The van der Waals surface area contributed by atoms with Crippen LogP contribution in [0.25, 0.3) is 0 Å². The minimum Gasteiger partial charge on any atom is -0.274 e. The standard InChI is InChI=1S/C12H20N2O3/c1-8(2)6-13-10(15)5-11(16)14(12(13)17)7-9(3)4/h8-9H,5-7H2,1-4H3. The van der Waals surface area contributed by atoms with E-state index in [9.17, 15) is 14.4 Å². The smallest absolute Gasteiger partial charge is 0.274 e. The van der Waals surface area contributed by atoms with Gasteiger partial charge in [-0.2, -0.15) is 0 Å². The zero-order chi connectivity index (χ0) is 13.2. The van der Waals surface area contributed by atoms with Crippen LogP contribution in [0.1, 0.15) is 34.1 Å². The van der Waals surface area contributed by atoms with Gasteiger partial charge in [-0.15, -0.1) is 0 Å². The topological polar surface area (TPSA) is 57.7 Å². The predicted molar refractivity (Wildman–Crippen MR) is 63.1 cm³/mol. The van der Waals surface area contributed by atoms with E-state index in [1.165, 1.54) is 9.80 Å². The molecule has 96 valence electrons. The lowest BCUT2D eigenvalue weighted by molar-refractivity contribution is -0.143. The number of carbonyl (C=O) groups excluding carboxylic acids is 3. The summed E-state index contributed by atoms with van der Waals surface area (Å²) in [4.78, 5) is 37.7. The third-order valence-corrected chi connectivity index (χ3v) is 2.46. The first-order valence-corrected chi connectivity index (χ1v) is 5.97. The molecule has 1 aliphatic heterocycles. The summed E-state index contributed by atoms with van der Waals surface area (Å²) in [5, 5.41) is 0. The van der Waals surface area contributed by atoms with E-state index in [1.54, 1.807) is 0 Å². The zero-order valence-corrected chi connectivity index (χ0v) is 10.9. The molecule has 0 aromatic carbocycles. The van der Waals surface area contributed by atoms with Gasteiger partial charge in [0.25, 0.3) is 0 Å². The van der Waals surface area contributed by atoms with E-state index in [1.807, 2.05) is 27.7 Å². The number of rotatable bonds is 4. The Balaban J connectivity index is 2.83. The molecule has 5 heteroatoms. The summed E-state index contributed by atoms with van der Waals surface area (Å²) in [7, 11) is 0. The van der Waals surface area contributed by atoms with E-state index in [2.05, 4.69) is 0 Å². The quantitative estimate of drug-likeness (QED) is 0.699. The van der Waals surface area contributed by atoms with Crippen LogP contribution in [0.2, 0.25) is 0 Å². The molecule has 0 spiro atoms. The van der Waals surface area contributed by atoms with Gasteiger partial charge in [0, 0.05) is 13.1 Å². The Morgan fingerprint density at radius 3 is 1.53 bits per heavy atom. The number of barbiturate groups is 1. The Bertz CT molecular complexity index is 307. The van der Waals surface area contributed by atoms with Crippen molar-refractivity contribution in [1.29, 1.82) is 0 Å². The molecule has 5 nitrogen and oxygen atoms in total. The minimum absolute atomic E-state index is 0.189. The van der Waals surface area contributed by atoms with Crippen molar-refractivity contribution in [3.05, 3.63) is 0 Å². The Hall–Kier alpha value is -1.39. The van der Waals surface area contributed by atoms with Crippen molar-refractivity contribution in [3.8, 4) is 0 Å². The van der Waals surface area contributed by atoms with Crippen LogP contribution >= 0.6 is 0 Å². The number of amides is 4. The lowest BCUT2D eigenvalue weighted by atomic mass is 10.1. The summed E-state index contributed by atoms with van der Waals surface area (Å²) in [5.41, 5.74) is 0. The van der Waals surface area contributed by atoms with Crippen LogP contribution in [0.5, 0.6) is 0 Å².